The summed E-state index contributed by atoms with van der Waals surface area (Å²) >= 11 is 12.2. The summed E-state index contributed by atoms with van der Waals surface area (Å²) in [6.07, 6.45) is 3.58. The second-order valence-corrected chi connectivity index (χ2v) is 15.8. The number of fused-ring (bicyclic) bond motifs is 2. The van der Waals surface area contributed by atoms with Gasteiger partial charge in [-0.15, -0.1) is 0 Å². The van der Waals surface area contributed by atoms with E-state index >= 15 is 0 Å². The minimum absolute atomic E-state index is 0. The van der Waals surface area contributed by atoms with E-state index in [0.29, 0.717) is 37.6 Å². The Labute approximate surface area is 382 Å². The third-order valence-electron chi connectivity index (χ3n) is 10.6. The molecular weight excluding hydrogens is 1020 g/mol. The fourth-order valence-electron chi connectivity index (χ4n) is 7.30. The van der Waals surface area contributed by atoms with Gasteiger partial charge in [0.2, 0.25) is 0 Å². The van der Waals surface area contributed by atoms with Crippen molar-refractivity contribution in [1.29, 1.82) is 2.67 Å². The molecule has 4 N–H and O–H groups in total. The first-order valence-corrected chi connectivity index (χ1v) is 19.8. The normalized spacial score (nSPS) is 19.7. The average molecular weight is 1070 g/mol. The molecule has 8 rings (SSSR count). The molecule has 59 heavy (non-hydrogen) atoms. The number of carbonyl (C=O) groups excluding carboxylic acids is 1. The Bertz CT molecular complexity index is 2340. The summed E-state index contributed by atoms with van der Waals surface area (Å²) < 4.78 is 37.4. The van der Waals surface area contributed by atoms with Crippen LogP contribution in [0.2, 0.25) is 10.0 Å². The van der Waals surface area contributed by atoms with E-state index in [4.69, 9.17) is 31.0 Å². The van der Waals surface area contributed by atoms with Crippen molar-refractivity contribution >= 4 is 65.2 Å². The summed E-state index contributed by atoms with van der Waals surface area (Å²) in [7, 11) is 0.500. The van der Waals surface area contributed by atoms with Gasteiger partial charge in [-0.1, -0.05) is 47.5 Å². The molecule has 4 heterocycles. The van der Waals surface area contributed by atoms with Crippen LogP contribution in [-0.2, 0) is 13.1 Å². The number of amides is 1. The molecule has 15 heteroatoms. The number of hydrogen-bond acceptors (Lipinski definition) is 5. The Morgan fingerprint density at radius 1 is 0.729 bits per heavy atom. The van der Waals surface area contributed by atoms with Gasteiger partial charge in [0, 0.05) is 129 Å². The minimum Gasteiger partial charge on any atom is -0.478 e. The molecule has 0 saturated carbocycles. The van der Waals surface area contributed by atoms with Crippen molar-refractivity contribution in [2.45, 2.75) is 65.0 Å². The largest absolute Gasteiger partial charge is 0.478 e. The number of hydrogen-bond donors (Lipinski definition) is 4. The van der Waals surface area contributed by atoms with Crippen LogP contribution in [0.25, 0.3) is 21.8 Å². The molecule has 0 spiro atoms. The van der Waals surface area contributed by atoms with E-state index in [-0.39, 0.29) is 71.3 Å². The smallest absolute Gasteiger partial charge is 0.337 e. The molecule has 1 amide bonds. The summed E-state index contributed by atoms with van der Waals surface area (Å²) in [5, 5.41) is 14.8. The number of rotatable bonds is 6. The van der Waals surface area contributed by atoms with Crippen molar-refractivity contribution < 1.29 is 54.6 Å². The maximum atomic E-state index is 13.2. The van der Waals surface area contributed by atoms with E-state index < -0.39 is 5.97 Å². The standard InChI is InChI=1S/C22H23ClFN3O.C13H19FN2.C9H6ClNO2.BH2.U/c1-14-12-27(15(2)11-26(14)13-16-3-5-18(24)6-4-16)22(28)19-9-17-7-8-25-21(17)10-20(19)23;1-10-8-16(11(2)7-15-10)9-12-3-5-13(14)6-4-12;10-7-4-8-5(1-2-11-8)3-6(7)9(12)13;;/h3-10,14-15,25H,11-13H2,1-2H3;3-6,10-11,15H,7-9H2,1-2H3;1-4,11H,(H,12,13);1H2;/t14-,15+;10-,11+;;;/m01.../s1/i;;;1T2;. The Morgan fingerprint density at radius 3 is 1.71 bits per heavy atom. The van der Waals surface area contributed by atoms with Crippen LogP contribution in [0.5, 0.6) is 0 Å². The number of carboxylic acids is 1. The predicted molar refractivity (Wildman–Crippen MR) is 233 cm³/mol. The second kappa shape index (κ2) is 21.7. The Balaban J connectivity index is 0.000000210. The zero-order valence-corrected chi connectivity index (χ0v) is 39.2. The molecule has 1 radical (unpaired) electrons. The van der Waals surface area contributed by atoms with E-state index in [1.807, 2.05) is 53.6 Å². The molecule has 9 nitrogen and oxygen atoms in total. The second-order valence-electron chi connectivity index (χ2n) is 15.0. The fourth-order valence-corrected chi connectivity index (χ4v) is 7.79. The Kier molecular flexibility index (Phi) is 16.5. The maximum Gasteiger partial charge on any atom is 0.337 e. The zero-order chi connectivity index (χ0) is 43.5. The van der Waals surface area contributed by atoms with Gasteiger partial charge in [0.25, 0.3) is 5.91 Å². The van der Waals surface area contributed by atoms with E-state index in [0.717, 1.165) is 60.1 Å². The maximum absolute atomic E-state index is 13.2. The molecule has 309 valence electrons. The molecular formula is C44H50BCl2F2N6O3U. The van der Waals surface area contributed by atoms with E-state index in [2.05, 4.69) is 52.8 Å². The number of nitrogens with zero attached hydrogens (tertiary/aromatic N) is 3. The van der Waals surface area contributed by atoms with Gasteiger partial charge in [-0.25, -0.2) is 13.6 Å². The van der Waals surface area contributed by atoms with E-state index in [1.54, 1.807) is 24.4 Å². The molecule has 2 fully saturated rings. The zero-order valence-electron chi connectivity index (χ0n) is 35.5. The van der Waals surface area contributed by atoms with Gasteiger partial charge in [-0.3, -0.25) is 14.6 Å². The molecule has 6 aromatic rings. The minimum atomic E-state index is -1.01. The van der Waals surface area contributed by atoms with E-state index in [1.165, 1.54) is 29.8 Å². The van der Waals surface area contributed by atoms with Crippen molar-refractivity contribution in [3.8, 4) is 0 Å². The van der Waals surface area contributed by atoms with Crippen molar-refractivity contribution in [1.82, 2.24) is 30.0 Å². The fraction of sp³-hybridized carbons (Fsp3) is 0.318. The molecule has 2 aromatic heterocycles. The third-order valence-corrected chi connectivity index (χ3v) is 11.2. The molecule has 0 aliphatic carbocycles. The summed E-state index contributed by atoms with van der Waals surface area (Å²) in [5.74, 6) is -1.43. The average Bonchev–Trinajstić information content (AvgIpc) is 3.88. The van der Waals surface area contributed by atoms with E-state index in [9.17, 15) is 18.4 Å². The quantitative estimate of drug-likeness (QED) is 0.125. The van der Waals surface area contributed by atoms with Gasteiger partial charge in [0.1, 0.15) is 11.6 Å². The molecule has 4 aromatic carbocycles. The van der Waals surface area contributed by atoms with Crippen LogP contribution in [0.1, 0.15) is 59.5 Å². The monoisotopic (exact) mass is 1070 g/mol. The van der Waals surface area contributed by atoms with Gasteiger partial charge < -0.3 is 25.3 Å². The van der Waals surface area contributed by atoms with Crippen LogP contribution >= 0.6 is 23.2 Å². The number of aromatic nitrogens is 2. The van der Waals surface area contributed by atoms with Gasteiger partial charge in [-0.2, -0.15) is 0 Å². The van der Waals surface area contributed by atoms with Crippen LogP contribution in [0.4, 0.5) is 8.78 Å². The van der Waals surface area contributed by atoms with Crippen LogP contribution < -0.4 is 5.32 Å². The van der Waals surface area contributed by atoms with Crippen molar-refractivity contribution in [3.05, 3.63) is 141 Å². The van der Waals surface area contributed by atoms with Crippen LogP contribution in [-0.4, -0.2) is 103 Å². The van der Waals surface area contributed by atoms with Crippen LogP contribution in [0.3, 0.4) is 0 Å². The van der Waals surface area contributed by atoms with Crippen molar-refractivity contribution in [2.24, 2.45) is 0 Å². The summed E-state index contributed by atoms with van der Waals surface area (Å²) in [5.41, 5.74) is 4.69. The molecule has 2 saturated heterocycles. The molecule has 2 aliphatic heterocycles. The number of benzene rings is 4. The van der Waals surface area contributed by atoms with Gasteiger partial charge in [-0.05, 0) is 102 Å². The number of piperazine rings is 2. The van der Waals surface area contributed by atoms with Gasteiger partial charge >= 0.3 is 5.97 Å². The first-order valence-electron chi connectivity index (χ1n) is 20.2. The van der Waals surface area contributed by atoms with Crippen LogP contribution in [0, 0.1) is 42.7 Å². The van der Waals surface area contributed by atoms with Gasteiger partial charge in [0.05, 0.1) is 29.5 Å². The molecule has 0 unspecified atom stereocenters. The van der Waals surface area contributed by atoms with Crippen LogP contribution in [0.15, 0.2) is 97.3 Å². The molecule has 4 atom stereocenters. The van der Waals surface area contributed by atoms with Crippen molar-refractivity contribution in [3.63, 3.8) is 0 Å². The topological polar surface area (TPSA) is 108 Å². The Hall–Kier alpha value is -3.66. The summed E-state index contributed by atoms with van der Waals surface area (Å²) in [4.78, 5) is 36.7. The number of aromatic carboxylic acids is 1. The molecule has 0 bridgehead atoms. The number of nitrogens with one attached hydrogen (secondary N) is 3. The number of aromatic amines is 2. The first kappa shape index (κ1) is 44.9. The number of carbonyl (C=O) groups is 2. The summed E-state index contributed by atoms with van der Waals surface area (Å²) in [6, 6.07) is 25.3. The SMILES string of the molecule is C[C@@H]1CN(Cc2ccc(F)cc2)[C@@H](C)CN1.C[C@@H]1CN(Cc2ccc(F)cc2)[C@@H](C)CN1C(=O)c1cc2cc[nH]c2cc1Cl.O=C(O)c1cc2cc[nH]c2cc1Cl.[3H][B][3H].[U]. The Morgan fingerprint density at radius 2 is 1.20 bits per heavy atom. The first-order chi connectivity index (χ1) is 28.7. The third kappa shape index (κ3) is 12.5. The summed E-state index contributed by atoms with van der Waals surface area (Å²) in [6.45, 7) is 13.7. The number of halogens is 4. The van der Waals surface area contributed by atoms with Gasteiger partial charge in [0.15, 0.2) is 0 Å². The number of carboxylic acid groups (broad SMARTS) is 1. The van der Waals surface area contributed by atoms with Crippen molar-refractivity contribution in [2.75, 3.05) is 26.2 Å². The number of H-pyrrole nitrogens is 2. The molecule has 2 aliphatic rings. The predicted octanol–water partition coefficient (Wildman–Crippen LogP) is 8.31.